The van der Waals surface area contributed by atoms with E-state index in [9.17, 15) is 4.39 Å². The predicted octanol–water partition coefficient (Wildman–Crippen LogP) is 3.65. The second-order valence-corrected chi connectivity index (χ2v) is 5.66. The molecule has 1 N–H and O–H groups in total. The summed E-state index contributed by atoms with van der Waals surface area (Å²) in [5.41, 5.74) is 1.04. The van der Waals surface area contributed by atoms with Crippen LogP contribution in [-0.4, -0.2) is 20.2 Å². The van der Waals surface area contributed by atoms with E-state index < -0.39 is 0 Å². The first-order valence-electron chi connectivity index (χ1n) is 7.06. The summed E-state index contributed by atoms with van der Waals surface area (Å²) in [6.07, 6.45) is 1.97. The molecule has 2 nitrogen and oxygen atoms in total. The van der Waals surface area contributed by atoms with Gasteiger partial charge in [-0.1, -0.05) is 26.8 Å². The molecule has 0 amide bonds. The van der Waals surface area contributed by atoms with Gasteiger partial charge >= 0.3 is 0 Å². The van der Waals surface area contributed by atoms with Crippen LogP contribution in [0, 0.1) is 17.7 Å². The van der Waals surface area contributed by atoms with Gasteiger partial charge in [0.15, 0.2) is 11.6 Å². The molecular weight excluding hydrogens is 241 g/mol. The van der Waals surface area contributed by atoms with Crippen molar-refractivity contribution in [3.8, 4) is 5.75 Å². The number of hydrogen-bond donors (Lipinski definition) is 1. The SMILES string of the molecule is COc1ccc(CCC(C)CNCC(C)C)cc1F. The summed E-state index contributed by atoms with van der Waals surface area (Å²) in [4.78, 5) is 0. The lowest BCUT2D eigenvalue weighted by Gasteiger charge is -2.14. The first kappa shape index (κ1) is 16.0. The summed E-state index contributed by atoms with van der Waals surface area (Å²) in [7, 11) is 1.49. The molecule has 108 valence electrons. The molecule has 0 saturated carbocycles. The van der Waals surface area contributed by atoms with Gasteiger partial charge in [-0.25, -0.2) is 4.39 Å². The lowest BCUT2D eigenvalue weighted by molar-refractivity contribution is 0.386. The number of hydrogen-bond acceptors (Lipinski definition) is 2. The van der Waals surface area contributed by atoms with E-state index in [0.717, 1.165) is 31.5 Å². The Kier molecular flexibility index (Phi) is 6.85. The Balaban J connectivity index is 2.33. The van der Waals surface area contributed by atoms with E-state index in [-0.39, 0.29) is 5.82 Å². The number of rotatable bonds is 8. The van der Waals surface area contributed by atoms with Gasteiger partial charge in [0.2, 0.25) is 0 Å². The number of halogens is 1. The van der Waals surface area contributed by atoms with E-state index >= 15 is 0 Å². The first-order chi connectivity index (χ1) is 9.02. The zero-order chi connectivity index (χ0) is 14.3. The number of benzene rings is 1. The lowest BCUT2D eigenvalue weighted by Crippen LogP contribution is -2.25. The Morgan fingerprint density at radius 3 is 2.53 bits per heavy atom. The van der Waals surface area contributed by atoms with Gasteiger partial charge < -0.3 is 10.1 Å². The third-order valence-corrected chi connectivity index (χ3v) is 3.19. The van der Waals surface area contributed by atoms with Crippen LogP contribution in [0.1, 0.15) is 32.8 Å². The monoisotopic (exact) mass is 267 g/mol. The van der Waals surface area contributed by atoms with Crippen LogP contribution in [0.5, 0.6) is 5.75 Å². The predicted molar refractivity (Wildman–Crippen MR) is 78.1 cm³/mol. The van der Waals surface area contributed by atoms with E-state index in [0.29, 0.717) is 17.6 Å². The molecule has 0 spiro atoms. The summed E-state index contributed by atoms with van der Waals surface area (Å²) < 4.78 is 18.4. The Bertz CT molecular complexity index is 379. The third kappa shape index (κ3) is 6.06. The minimum absolute atomic E-state index is 0.273. The van der Waals surface area contributed by atoms with Gasteiger partial charge in [0.1, 0.15) is 0 Å². The molecule has 0 aliphatic carbocycles. The van der Waals surface area contributed by atoms with Crippen LogP contribution < -0.4 is 10.1 Å². The molecule has 1 atom stereocenters. The van der Waals surface area contributed by atoms with Gasteiger partial charge in [-0.15, -0.1) is 0 Å². The van der Waals surface area contributed by atoms with Crippen LogP contribution >= 0.6 is 0 Å². The number of methoxy groups -OCH3 is 1. The summed E-state index contributed by atoms with van der Waals surface area (Å²) in [6.45, 7) is 8.72. The fourth-order valence-electron chi connectivity index (χ4n) is 2.00. The summed E-state index contributed by atoms with van der Waals surface area (Å²) in [5.74, 6) is 1.33. The summed E-state index contributed by atoms with van der Waals surface area (Å²) in [5, 5.41) is 3.46. The average Bonchev–Trinajstić information content (AvgIpc) is 2.36. The van der Waals surface area contributed by atoms with Crippen molar-refractivity contribution in [2.24, 2.45) is 11.8 Å². The van der Waals surface area contributed by atoms with Crippen LogP contribution in [0.2, 0.25) is 0 Å². The maximum absolute atomic E-state index is 13.5. The Morgan fingerprint density at radius 1 is 1.21 bits per heavy atom. The molecule has 1 aromatic rings. The Morgan fingerprint density at radius 2 is 1.95 bits per heavy atom. The van der Waals surface area contributed by atoms with E-state index in [1.807, 2.05) is 6.07 Å². The number of nitrogens with one attached hydrogen (secondary N) is 1. The molecule has 0 heterocycles. The molecule has 0 aliphatic rings. The standard InChI is InChI=1S/C16H26FNO/c1-12(2)10-18-11-13(3)5-6-14-7-8-16(19-4)15(17)9-14/h7-9,12-13,18H,5-6,10-11H2,1-4H3. The van der Waals surface area contributed by atoms with Crippen LogP contribution in [0.15, 0.2) is 18.2 Å². The van der Waals surface area contributed by atoms with Gasteiger partial charge in [-0.3, -0.25) is 0 Å². The first-order valence-corrected chi connectivity index (χ1v) is 7.06. The molecule has 19 heavy (non-hydrogen) atoms. The highest BCUT2D eigenvalue weighted by Gasteiger charge is 2.06. The molecule has 0 radical (unpaired) electrons. The smallest absolute Gasteiger partial charge is 0.165 e. The van der Waals surface area contributed by atoms with Gasteiger partial charge in [0.05, 0.1) is 7.11 Å². The van der Waals surface area contributed by atoms with Crippen molar-refractivity contribution in [3.63, 3.8) is 0 Å². The van der Waals surface area contributed by atoms with E-state index in [1.165, 1.54) is 7.11 Å². The minimum Gasteiger partial charge on any atom is -0.494 e. The molecule has 0 saturated heterocycles. The maximum atomic E-state index is 13.5. The fraction of sp³-hybridized carbons (Fsp3) is 0.625. The second kappa shape index (κ2) is 8.16. The fourth-order valence-corrected chi connectivity index (χ4v) is 2.00. The maximum Gasteiger partial charge on any atom is 0.165 e. The molecule has 1 aromatic carbocycles. The molecular formula is C16H26FNO. The zero-order valence-corrected chi connectivity index (χ0v) is 12.5. The molecule has 1 unspecified atom stereocenters. The van der Waals surface area contributed by atoms with E-state index in [1.54, 1.807) is 12.1 Å². The minimum atomic E-state index is -0.273. The highest BCUT2D eigenvalue weighted by molar-refractivity contribution is 5.29. The van der Waals surface area contributed by atoms with Crippen molar-refractivity contribution in [2.75, 3.05) is 20.2 Å². The largest absolute Gasteiger partial charge is 0.494 e. The van der Waals surface area contributed by atoms with Crippen molar-refractivity contribution >= 4 is 0 Å². The molecule has 0 aliphatic heterocycles. The van der Waals surface area contributed by atoms with E-state index in [2.05, 4.69) is 26.1 Å². The zero-order valence-electron chi connectivity index (χ0n) is 12.5. The van der Waals surface area contributed by atoms with Crippen molar-refractivity contribution in [2.45, 2.75) is 33.6 Å². The lowest BCUT2D eigenvalue weighted by atomic mass is 10.0. The quantitative estimate of drug-likeness (QED) is 0.776. The van der Waals surface area contributed by atoms with Crippen LogP contribution in [-0.2, 0) is 6.42 Å². The average molecular weight is 267 g/mol. The highest BCUT2D eigenvalue weighted by atomic mass is 19.1. The topological polar surface area (TPSA) is 21.3 Å². The van der Waals surface area contributed by atoms with Crippen LogP contribution in [0.3, 0.4) is 0 Å². The van der Waals surface area contributed by atoms with Crippen LogP contribution in [0.4, 0.5) is 4.39 Å². The van der Waals surface area contributed by atoms with Crippen molar-refractivity contribution < 1.29 is 9.13 Å². The summed E-state index contributed by atoms with van der Waals surface area (Å²) >= 11 is 0. The van der Waals surface area contributed by atoms with Crippen molar-refractivity contribution in [1.82, 2.24) is 5.32 Å². The van der Waals surface area contributed by atoms with Gasteiger partial charge in [0, 0.05) is 0 Å². The number of aryl methyl sites for hydroxylation is 1. The summed E-state index contributed by atoms with van der Waals surface area (Å²) in [6, 6.07) is 5.22. The molecule has 3 heteroatoms. The van der Waals surface area contributed by atoms with Crippen LogP contribution in [0.25, 0.3) is 0 Å². The van der Waals surface area contributed by atoms with Gasteiger partial charge in [-0.05, 0) is 55.5 Å². The van der Waals surface area contributed by atoms with Gasteiger partial charge in [-0.2, -0.15) is 0 Å². The van der Waals surface area contributed by atoms with Crippen molar-refractivity contribution in [1.29, 1.82) is 0 Å². The normalized spacial score (nSPS) is 12.7. The molecule has 0 bridgehead atoms. The van der Waals surface area contributed by atoms with E-state index in [4.69, 9.17) is 4.74 Å². The Labute approximate surface area is 116 Å². The number of ether oxygens (including phenoxy) is 1. The molecule has 1 rings (SSSR count). The third-order valence-electron chi connectivity index (χ3n) is 3.19. The molecule has 0 fully saturated rings. The molecule has 0 aromatic heterocycles. The highest BCUT2D eigenvalue weighted by Crippen LogP contribution is 2.19. The second-order valence-electron chi connectivity index (χ2n) is 5.66. The Hall–Kier alpha value is -1.09. The van der Waals surface area contributed by atoms with Gasteiger partial charge in [0.25, 0.3) is 0 Å². The van der Waals surface area contributed by atoms with Crippen molar-refractivity contribution in [3.05, 3.63) is 29.6 Å².